The Hall–Kier alpha value is -1.65. The predicted molar refractivity (Wildman–Crippen MR) is 61.4 cm³/mol. The van der Waals surface area contributed by atoms with Gasteiger partial charge in [-0.3, -0.25) is 4.79 Å². The molecule has 88 valence electrons. The highest BCUT2D eigenvalue weighted by Crippen LogP contribution is 2.04. The number of carbonyl (C=O) groups is 1. The molecule has 0 spiro atoms. The van der Waals surface area contributed by atoms with Gasteiger partial charge in [0.1, 0.15) is 12.1 Å². The summed E-state index contributed by atoms with van der Waals surface area (Å²) in [6, 6.07) is 1.89. The molecule has 0 aliphatic rings. The Balaban J connectivity index is 2.09. The van der Waals surface area contributed by atoms with Gasteiger partial charge in [-0.1, -0.05) is 6.42 Å². The fraction of sp³-hybridized carbons (Fsp3) is 0.545. The summed E-state index contributed by atoms with van der Waals surface area (Å²) in [4.78, 5) is 18.3. The lowest BCUT2D eigenvalue weighted by atomic mass is 10.2. The van der Waals surface area contributed by atoms with E-state index < -0.39 is 5.97 Å². The van der Waals surface area contributed by atoms with Crippen molar-refractivity contribution in [2.75, 3.05) is 11.9 Å². The first-order valence-corrected chi connectivity index (χ1v) is 5.43. The number of nitrogens with one attached hydrogen (secondary N) is 1. The van der Waals surface area contributed by atoms with Gasteiger partial charge in [-0.15, -0.1) is 0 Å². The third-order valence-electron chi connectivity index (χ3n) is 2.18. The van der Waals surface area contributed by atoms with Crippen LogP contribution in [0.15, 0.2) is 12.4 Å². The summed E-state index contributed by atoms with van der Waals surface area (Å²) < 4.78 is 0. The van der Waals surface area contributed by atoms with Gasteiger partial charge in [0.05, 0.1) is 0 Å². The first-order chi connectivity index (χ1) is 7.68. The molecule has 0 saturated carbocycles. The first-order valence-electron chi connectivity index (χ1n) is 5.43. The van der Waals surface area contributed by atoms with E-state index in [-0.39, 0.29) is 6.42 Å². The zero-order valence-corrected chi connectivity index (χ0v) is 9.44. The normalized spacial score (nSPS) is 10.1. The molecular weight excluding hydrogens is 206 g/mol. The van der Waals surface area contributed by atoms with Crippen molar-refractivity contribution in [3.8, 4) is 0 Å². The minimum atomic E-state index is -0.723. The monoisotopic (exact) mass is 223 g/mol. The predicted octanol–water partition coefficient (Wildman–Crippen LogP) is 1.84. The van der Waals surface area contributed by atoms with Gasteiger partial charge in [0.2, 0.25) is 0 Å². The second kappa shape index (κ2) is 6.76. The molecule has 0 radical (unpaired) electrons. The van der Waals surface area contributed by atoms with Crippen molar-refractivity contribution in [2.24, 2.45) is 0 Å². The van der Waals surface area contributed by atoms with Crippen LogP contribution in [-0.2, 0) is 4.79 Å². The molecule has 5 nitrogen and oxygen atoms in total. The highest BCUT2D eigenvalue weighted by Gasteiger charge is 1.97. The van der Waals surface area contributed by atoms with E-state index in [1.807, 2.05) is 13.0 Å². The van der Waals surface area contributed by atoms with Gasteiger partial charge in [-0.05, 0) is 19.8 Å². The molecule has 0 aromatic carbocycles. The van der Waals surface area contributed by atoms with E-state index in [4.69, 9.17) is 5.11 Å². The lowest BCUT2D eigenvalue weighted by Gasteiger charge is -2.04. The van der Waals surface area contributed by atoms with E-state index in [0.717, 1.165) is 37.3 Å². The van der Waals surface area contributed by atoms with Crippen molar-refractivity contribution in [2.45, 2.75) is 32.6 Å². The Morgan fingerprint density at radius 3 is 2.88 bits per heavy atom. The Morgan fingerprint density at radius 1 is 1.38 bits per heavy atom. The Kier molecular flexibility index (Phi) is 5.25. The lowest BCUT2D eigenvalue weighted by Crippen LogP contribution is -2.04. The summed E-state index contributed by atoms with van der Waals surface area (Å²) in [6.07, 6.45) is 4.40. The maximum Gasteiger partial charge on any atom is 0.303 e. The van der Waals surface area contributed by atoms with Crippen LogP contribution in [0.5, 0.6) is 0 Å². The average molecular weight is 223 g/mol. The number of rotatable bonds is 7. The highest BCUT2D eigenvalue weighted by atomic mass is 16.4. The van der Waals surface area contributed by atoms with Crippen molar-refractivity contribution in [3.05, 3.63) is 18.1 Å². The van der Waals surface area contributed by atoms with Crippen LogP contribution in [0.1, 0.15) is 31.4 Å². The van der Waals surface area contributed by atoms with E-state index in [2.05, 4.69) is 15.3 Å². The van der Waals surface area contributed by atoms with E-state index in [1.165, 1.54) is 6.33 Å². The molecule has 16 heavy (non-hydrogen) atoms. The SMILES string of the molecule is Cc1cc(NCCCCCC(=O)O)ncn1. The molecule has 0 fully saturated rings. The Bertz CT molecular complexity index is 342. The van der Waals surface area contributed by atoms with Crippen LogP contribution >= 0.6 is 0 Å². The molecule has 5 heteroatoms. The number of nitrogens with zero attached hydrogens (tertiary/aromatic N) is 2. The second-order valence-electron chi connectivity index (χ2n) is 3.68. The minimum absolute atomic E-state index is 0.257. The van der Waals surface area contributed by atoms with Crippen LogP contribution in [0, 0.1) is 6.92 Å². The fourth-order valence-electron chi connectivity index (χ4n) is 1.35. The van der Waals surface area contributed by atoms with Crippen LogP contribution in [0.2, 0.25) is 0 Å². The Morgan fingerprint density at radius 2 is 2.19 bits per heavy atom. The van der Waals surface area contributed by atoms with Gasteiger partial charge in [0.15, 0.2) is 0 Å². The number of hydrogen-bond acceptors (Lipinski definition) is 4. The van der Waals surface area contributed by atoms with Gasteiger partial charge < -0.3 is 10.4 Å². The summed E-state index contributed by atoms with van der Waals surface area (Å²) in [5, 5.41) is 11.6. The summed E-state index contributed by atoms with van der Waals surface area (Å²) in [5.74, 6) is 0.102. The maximum atomic E-state index is 10.3. The first kappa shape index (κ1) is 12.4. The second-order valence-corrected chi connectivity index (χ2v) is 3.68. The van der Waals surface area contributed by atoms with Crippen LogP contribution in [-0.4, -0.2) is 27.6 Å². The number of hydrogen-bond donors (Lipinski definition) is 2. The molecular formula is C11H17N3O2. The summed E-state index contributed by atoms with van der Waals surface area (Å²) in [5.41, 5.74) is 0.934. The number of aromatic nitrogens is 2. The van der Waals surface area contributed by atoms with Gasteiger partial charge in [0, 0.05) is 24.7 Å². The summed E-state index contributed by atoms with van der Waals surface area (Å²) >= 11 is 0. The molecule has 0 bridgehead atoms. The molecule has 1 rings (SSSR count). The Labute approximate surface area is 94.9 Å². The molecule has 1 aromatic rings. The smallest absolute Gasteiger partial charge is 0.303 e. The average Bonchev–Trinajstić information content (AvgIpc) is 2.23. The highest BCUT2D eigenvalue weighted by molar-refractivity contribution is 5.66. The van der Waals surface area contributed by atoms with Crippen LogP contribution in [0.3, 0.4) is 0 Å². The summed E-state index contributed by atoms with van der Waals surface area (Å²) in [7, 11) is 0. The van der Waals surface area contributed by atoms with E-state index in [0.29, 0.717) is 0 Å². The number of carboxylic acid groups (broad SMARTS) is 1. The standard InChI is InChI=1S/C11H17N3O2/c1-9-7-10(14-8-13-9)12-6-4-2-3-5-11(15)16/h7-8H,2-6H2,1H3,(H,15,16)(H,12,13,14). The third kappa shape index (κ3) is 5.29. The molecule has 1 aromatic heterocycles. The molecule has 0 atom stereocenters. The minimum Gasteiger partial charge on any atom is -0.481 e. The number of anilines is 1. The van der Waals surface area contributed by atoms with Crippen molar-refractivity contribution in [1.82, 2.24) is 9.97 Å². The number of aliphatic carboxylic acids is 1. The quantitative estimate of drug-likeness (QED) is 0.690. The number of unbranched alkanes of at least 4 members (excludes halogenated alkanes) is 2. The molecule has 2 N–H and O–H groups in total. The molecule has 0 aliphatic carbocycles. The number of carboxylic acids is 1. The van der Waals surface area contributed by atoms with Crippen molar-refractivity contribution >= 4 is 11.8 Å². The number of aryl methyl sites for hydroxylation is 1. The van der Waals surface area contributed by atoms with Gasteiger partial charge >= 0.3 is 5.97 Å². The van der Waals surface area contributed by atoms with E-state index in [9.17, 15) is 4.79 Å². The van der Waals surface area contributed by atoms with Crippen LogP contribution in [0.4, 0.5) is 5.82 Å². The van der Waals surface area contributed by atoms with E-state index in [1.54, 1.807) is 0 Å². The van der Waals surface area contributed by atoms with Crippen molar-refractivity contribution in [3.63, 3.8) is 0 Å². The zero-order chi connectivity index (χ0) is 11.8. The van der Waals surface area contributed by atoms with Crippen LogP contribution < -0.4 is 5.32 Å². The van der Waals surface area contributed by atoms with Crippen molar-refractivity contribution in [1.29, 1.82) is 0 Å². The van der Waals surface area contributed by atoms with Gasteiger partial charge in [-0.25, -0.2) is 9.97 Å². The van der Waals surface area contributed by atoms with Crippen LogP contribution in [0.25, 0.3) is 0 Å². The topological polar surface area (TPSA) is 75.1 Å². The zero-order valence-electron chi connectivity index (χ0n) is 9.44. The maximum absolute atomic E-state index is 10.3. The molecule has 1 heterocycles. The van der Waals surface area contributed by atoms with E-state index >= 15 is 0 Å². The molecule has 0 unspecified atom stereocenters. The van der Waals surface area contributed by atoms with Gasteiger partial charge in [-0.2, -0.15) is 0 Å². The largest absolute Gasteiger partial charge is 0.481 e. The lowest BCUT2D eigenvalue weighted by molar-refractivity contribution is -0.137. The van der Waals surface area contributed by atoms with Gasteiger partial charge in [0.25, 0.3) is 0 Å². The summed E-state index contributed by atoms with van der Waals surface area (Å²) in [6.45, 7) is 2.73. The third-order valence-corrected chi connectivity index (χ3v) is 2.18. The molecule has 0 saturated heterocycles. The molecule has 0 aliphatic heterocycles. The molecule has 0 amide bonds. The van der Waals surface area contributed by atoms with Crippen molar-refractivity contribution < 1.29 is 9.90 Å². The fourth-order valence-corrected chi connectivity index (χ4v) is 1.35.